The molecule has 1 aromatic carbocycles. The predicted octanol–water partition coefficient (Wildman–Crippen LogP) is 2.30. The number of rotatable bonds is 4. The van der Waals surface area contributed by atoms with E-state index in [0.717, 1.165) is 17.8 Å². The summed E-state index contributed by atoms with van der Waals surface area (Å²) in [4.78, 5) is 2.00. The van der Waals surface area contributed by atoms with Gasteiger partial charge in [-0.15, -0.1) is 6.42 Å². The van der Waals surface area contributed by atoms with Crippen LogP contribution in [0.25, 0.3) is 0 Å². The van der Waals surface area contributed by atoms with Gasteiger partial charge in [-0.25, -0.2) is 4.39 Å². The molecule has 0 aliphatic rings. The van der Waals surface area contributed by atoms with Gasteiger partial charge in [0.2, 0.25) is 0 Å². The van der Waals surface area contributed by atoms with Gasteiger partial charge in [0.1, 0.15) is 5.82 Å². The first-order valence-corrected chi connectivity index (χ1v) is 5.33. The minimum absolute atomic E-state index is 0.211. The number of terminal acetylenes is 1. The molecule has 0 saturated heterocycles. The van der Waals surface area contributed by atoms with E-state index >= 15 is 0 Å². The third-order valence-corrected chi connectivity index (χ3v) is 2.48. The van der Waals surface area contributed by atoms with Gasteiger partial charge in [-0.2, -0.15) is 0 Å². The van der Waals surface area contributed by atoms with Gasteiger partial charge in [0.25, 0.3) is 0 Å². The first-order valence-electron chi connectivity index (χ1n) is 5.33. The second-order valence-electron chi connectivity index (χ2n) is 3.71. The first-order chi connectivity index (χ1) is 7.60. The summed E-state index contributed by atoms with van der Waals surface area (Å²) >= 11 is 0. The van der Waals surface area contributed by atoms with Crippen LogP contribution in [0.5, 0.6) is 0 Å². The van der Waals surface area contributed by atoms with Crippen molar-refractivity contribution in [3.8, 4) is 12.3 Å². The van der Waals surface area contributed by atoms with Crippen molar-refractivity contribution < 1.29 is 4.39 Å². The van der Waals surface area contributed by atoms with Crippen LogP contribution in [0.15, 0.2) is 18.2 Å². The minimum Gasteiger partial charge on any atom is -0.360 e. The zero-order valence-corrected chi connectivity index (χ0v) is 9.70. The highest BCUT2D eigenvalue weighted by Gasteiger charge is 2.12. The molecule has 16 heavy (non-hydrogen) atoms. The fraction of sp³-hybridized carbons (Fsp3) is 0.385. The molecule has 0 aliphatic heterocycles. The standard InChI is InChI=1S/C13H17FN2/c1-4-8-16(5-2)13-7-6-11(14)9-12(13)10(3)15/h1,6-7,9-10H,5,8,15H2,2-3H3/t10-/m0/s1. The van der Waals surface area contributed by atoms with E-state index in [1.54, 1.807) is 6.07 Å². The summed E-state index contributed by atoms with van der Waals surface area (Å²) in [5.41, 5.74) is 7.53. The Morgan fingerprint density at radius 3 is 2.75 bits per heavy atom. The van der Waals surface area contributed by atoms with Gasteiger partial charge in [-0.05, 0) is 37.6 Å². The molecule has 0 spiro atoms. The maximum atomic E-state index is 13.1. The summed E-state index contributed by atoms with van der Waals surface area (Å²) in [6.45, 7) is 5.12. The molecule has 0 bridgehead atoms. The van der Waals surface area contributed by atoms with Gasteiger partial charge in [0.05, 0.1) is 6.54 Å². The average molecular weight is 220 g/mol. The Labute approximate surface area is 96.3 Å². The molecular weight excluding hydrogens is 203 g/mol. The van der Waals surface area contributed by atoms with Crippen LogP contribution >= 0.6 is 0 Å². The van der Waals surface area contributed by atoms with Crippen molar-refractivity contribution in [3.05, 3.63) is 29.6 Å². The normalized spacial score (nSPS) is 11.9. The Kier molecular flexibility index (Phi) is 4.33. The van der Waals surface area contributed by atoms with Gasteiger partial charge < -0.3 is 10.6 Å². The van der Waals surface area contributed by atoms with Crippen molar-refractivity contribution in [2.45, 2.75) is 19.9 Å². The summed E-state index contributed by atoms with van der Waals surface area (Å²) in [5, 5.41) is 0. The molecule has 86 valence electrons. The molecule has 1 atom stereocenters. The van der Waals surface area contributed by atoms with E-state index in [2.05, 4.69) is 5.92 Å². The zero-order chi connectivity index (χ0) is 12.1. The molecule has 0 radical (unpaired) electrons. The van der Waals surface area contributed by atoms with Crippen molar-refractivity contribution in [1.29, 1.82) is 0 Å². The number of hydrogen-bond acceptors (Lipinski definition) is 2. The summed E-state index contributed by atoms with van der Waals surface area (Å²) < 4.78 is 13.1. The maximum absolute atomic E-state index is 13.1. The van der Waals surface area contributed by atoms with Gasteiger partial charge in [-0.1, -0.05) is 5.92 Å². The quantitative estimate of drug-likeness (QED) is 0.789. The molecule has 0 saturated carbocycles. The number of nitrogens with zero attached hydrogens (tertiary/aromatic N) is 1. The number of benzene rings is 1. The third kappa shape index (κ3) is 2.74. The Hall–Kier alpha value is -1.53. The Morgan fingerprint density at radius 1 is 1.56 bits per heavy atom. The van der Waals surface area contributed by atoms with Crippen molar-refractivity contribution >= 4 is 5.69 Å². The first kappa shape index (κ1) is 12.5. The highest BCUT2D eigenvalue weighted by molar-refractivity contribution is 5.55. The lowest BCUT2D eigenvalue weighted by molar-refractivity contribution is 0.621. The van der Waals surface area contributed by atoms with Crippen LogP contribution in [0.3, 0.4) is 0 Å². The molecule has 3 heteroatoms. The Morgan fingerprint density at radius 2 is 2.25 bits per heavy atom. The highest BCUT2D eigenvalue weighted by Crippen LogP contribution is 2.25. The highest BCUT2D eigenvalue weighted by atomic mass is 19.1. The van der Waals surface area contributed by atoms with Gasteiger partial charge in [0, 0.05) is 18.3 Å². The molecule has 1 aromatic rings. The number of halogens is 1. The molecular formula is C13H17FN2. The van der Waals surface area contributed by atoms with Crippen LogP contribution < -0.4 is 10.6 Å². The molecule has 1 rings (SSSR count). The molecule has 0 heterocycles. The van der Waals surface area contributed by atoms with Gasteiger partial charge >= 0.3 is 0 Å². The zero-order valence-electron chi connectivity index (χ0n) is 9.70. The molecule has 0 aromatic heterocycles. The third-order valence-electron chi connectivity index (χ3n) is 2.48. The van der Waals surface area contributed by atoms with Crippen LogP contribution in [-0.4, -0.2) is 13.1 Å². The smallest absolute Gasteiger partial charge is 0.123 e. The van der Waals surface area contributed by atoms with Crippen molar-refractivity contribution in [1.82, 2.24) is 0 Å². The second kappa shape index (κ2) is 5.53. The molecule has 0 fully saturated rings. The fourth-order valence-corrected chi connectivity index (χ4v) is 1.66. The summed E-state index contributed by atoms with van der Waals surface area (Å²) in [6, 6.07) is 4.42. The minimum atomic E-state index is -0.271. The van der Waals surface area contributed by atoms with Crippen LogP contribution in [0.2, 0.25) is 0 Å². The van der Waals surface area contributed by atoms with E-state index in [4.69, 9.17) is 12.2 Å². The van der Waals surface area contributed by atoms with E-state index in [0.29, 0.717) is 6.54 Å². The largest absolute Gasteiger partial charge is 0.360 e. The lowest BCUT2D eigenvalue weighted by Gasteiger charge is -2.25. The number of anilines is 1. The van der Waals surface area contributed by atoms with E-state index < -0.39 is 0 Å². The second-order valence-corrected chi connectivity index (χ2v) is 3.71. The molecule has 0 amide bonds. The summed E-state index contributed by atoms with van der Waals surface area (Å²) in [6.07, 6.45) is 5.30. The monoisotopic (exact) mass is 220 g/mol. The van der Waals surface area contributed by atoms with E-state index in [1.165, 1.54) is 12.1 Å². The Bertz CT molecular complexity index is 393. The van der Waals surface area contributed by atoms with Crippen LogP contribution in [0, 0.1) is 18.2 Å². The average Bonchev–Trinajstić information content (AvgIpc) is 2.26. The molecule has 2 nitrogen and oxygen atoms in total. The maximum Gasteiger partial charge on any atom is 0.123 e. The number of hydrogen-bond donors (Lipinski definition) is 1. The van der Waals surface area contributed by atoms with E-state index in [1.807, 2.05) is 18.7 Å². The van der Waals surface area contributed by atoms with Gasteiger partial charge in [0.15, 0.2) is 0 Å². The molecule has 2 N–H and O–H groups in total. The predicted molar refractivity (Wildman–Crippen MR) is 65.7 cm³/mol. The van der Waals surface area contributed by atoms with Crippen LogP contribution in [0.1, 0.15) is 25.5 Å². The van der Waals surface area contributed by atoms with Crippen molar-refractivity contribution in [2.75, 3.05) is 18.0 Å². The summed E-state index contributed by atoms with van der Waals surface area (Å²) in [7, 11) is 0. The molecule has 0 unspecified atom stereocenters. The SMILES string of the molecule is C#CCN(CC)c1ccc(F)cc1[C@H](C)N. The lowest BCUT2D eigenvalue weighted by Crippen LogP contribution is -2.25. The fourth-order valence-electron chi connectivity index (χ4n) is 1.66. The van der Waals surface area contributed by atoms with Crippen LogP contribution in [0.4, 0.5) is 10.1 Å². The number of nitrogens with two attached hydrogens (primary N) is 1. The van der Waals surface area contributed by atoms with Crippen molar-refractivity contribution in [3.63, 3.8) is 0 Å². The van der Waals surface area contributed by atoms with Crippen LogP contribution in [-0.2, 0) is 0 Å². The lowest BCUT2D eigenvalue weighted by atomic mass is 10.1. The van der Waals surface area contributed by atoms with E-state index in [-0.39, 0.29) is 11.9 Å². The molecule has 0 aliphatic carbocycles. The van der Waals surface area contributed by atoms with E-state index in [9.17, 15) is 4.39 Å². The van der Waals surface area contributed by atoms with Crippen molar-refractivity contribution in [2.24, 2.45) is 5.73 Å². The Balaban J connectivity index is 3.16. The topological polar surface area (TPSA) is 29.3 Å². The summed E-state index contributed by atoms with van der Waals surface area (Å²) in [5.74, 6) is 2.32. The van der Waals surface area contributed by atoms with Gasteiger partial charge in [-0.3, -0.25) is 0 Å².